The molecule has 4 aromatic rings. The average molecular weight is 409 g/mol. The number of thiophene rings is 1. The van der Waals surface area contributed by atoms with Crippen LogP contribution in [0.1, 0.15) is 33.5 Å². The molecule has 0 aliphatic carbocycles. The van der Waals surface area contributed by atoms with Crippen LogP contribution in [0.3, 0.4) is 0 Å². The standard InChI is InChI=1S/C20H19N5O3S/c1-5-28-20(27)17-11(2)16-18(29-17)21-10-25(19(16)26)22-9-13-6-7-15-14(8-13)23-12(3)24(15)4/h6-10H,5H2,1-4H3. The Hall–Kier alpha value is -3.33. The molecule has 0 radical (unpaired) electrons. The molecule has 0 N–H and O–H groups in total. The molecule has 0 saturated carbocycles. The van der Waals surface area contributed by atoms with Crippen LogP contribution in [-0.2, 0) is 11.8 Å². The number of aromatic nitrogens is 4. The van der Waals surface area contributed by atoms with Crippen molar-refractivity contribution in [1.82, 2.24) is 19.2 Å². The van der Waals surface area contributed by atoms with E-state index in [-0.39, 0.29) is 12.2 Å². The van der Waals surface area contributed by atoms with Gasteiger partial charge in [0.2, 0.25) is 0 Å². The molecule has 0 saturated heterocycles. The van der Waals surface area contributed by atoms with E-state index in [1.165, 1.54) is 11.0 Å². The minimum Gasteiger partial charge on any atom is -0.462 e. The lowest BCUT2D eigenvalue weighted by atomic mass is 10.2. The maximum absolute atomic E-state index is 12.9. The number of rotatable bonds is 4. The van der Waals surface area contributed by atoms with E-state index in [1.54, 1.807) is 20.1 Å². The minimum atomic E-state index is -0.443. The van der Waals surface area contributed by atoms with Gasteiger partial charge in [-0.15, -0.1) is 11.3 Å². The topological polar surface area (TPSA) is 91.4 Å². The molecular weight excluding hydrogens is 390 g/mol. The van der Waals surface area contributed by atoms with Crippen molar-refractivity contribution in [3.05, 3.63) is 56.7 Å². The minimum absolute atomic E-state index is 0.272. The smallest absolute Gasteiger partial charge is 0.348 e. The summed E-state index contributed by atoms with van der Waals surface area (Å²) in [4.78, 5) is 34.6. The molecule has 0 amide bonds. The molecule has 4 rings (SSSR count). The van der Waals surface area contributed by atoms with Crippen LogP contribution in [0.4, 0.5) is 0 Å². The zero-order valence-corrected chi connectivity index (χ0v) is 17.3. The SMILES string of the molecule is CCOC(=O)c1sc2ncn(N=Cc3ccc4c(c3)nc(C)n4C)c(=O)c2c1C. The van der Waals surface area contributed by atoms with Gasteiger partial charge in [0, 0.05) is 7.05 Å². The van der Waals surface area contributed by atoms with Gasteiger partial charge in [-0.2, -0.15) is 9.78 Å². The van der Waals surface area contributed by atoms with E-state index < -0.39 is 5.97 Å². The molecule has 0 atom stereocenters. The molecular formula is C20H19N5O3S. The van der Waals surface area contributed by atoms with Crippen molar-refractivity contribution in [1.29, 1.82) is 0 Å². The first kappa shape index (κ1) is 19.0. The molecule has 0 aliphatic heterocycles. The van der Waals surface area contributed by atoms with Gasteiger partial charge in [0.15, 0.2) is 0 Å². The molecule has 148 valence electrons. The van der Waals surface area contributed by atoms with Gasteiger partial charge in [-0.25, -0.2) is 14.8 Å². The second kappa shape index (κ2) is 7.25. The fourth-order valence-corrected chi connectivity index (χ4v) is 4.17. The van der Waals surface area contributed by atoms with E-state index in [1.807, 2.05) is 36.7 Å². The van der Waals surface area contributed by atoms with Gasteiger partial charge < -0.3 is 9.30 Å². The number of benzene rings is 1. The summed E-state index contributed by atoms with van der Waals surface area (Å²) in [6.07, 6.45) is 2.95. The third kappa shape index (κ3) is 3.23. The molecule has 0 spiro atoms. The zero-order chi connectivity index (χ0) is 20.7. The van der Waals surface area contributed by atoms with Crippen LogP contribution in [-0.4, -0.2) is 38.0 Å². The molecule has 0 fully saturated rings. The second-order valence-corrected chi connectivity index (χ2v) is 7.56. The molecule has 0 bridgehead atoms. The molecule has 9 heteroatoms. The van der Waals surface area contributed by atoms with Gasteiger partial charge in [-0.3, -0.25) is 4.79 Å². The maximum atomic E-state index is 12.9. The van der Waals surface area contributed by atoms with E-state index in [2.05, 4.69) is 15.1 Å². The number of ether oxygens (including phenoxy) is 1. The van der Waals surface area contributed by atoms with Crippen molar-refractivity contribution in [2.24, 2.45) is 12.1 Å². The Balaban J connectivity index is 1.73. The molecule has 8 nitrogen and oxygen atoms in total. The number of carbonyl (C=O) groups is 1. The third-order valence-corrected chi connectivity index (χ3v) is 5.93. The predicted molar refractivity (Wildman–Crippen MR) is 113 cm³/mol. The van der Waals surface area contributed by atoms with Gasteiger partial charge in [-0.1, -0.05) is 6.07 Å². The van der Waals surface area contributed by atoms with E-state index in [9.17, 15) is 9.59 Å². The molecule has 0 aliphatic rings. The monoisotopic (exact) mass is 409 g/mol. The normalized spacial score (nSPS) is 11.7. The number of fused-ring (bicyclic) bond motifs is 2. The Labute approximate surface area is 170 Å². The average Bonchev–Trinajstić information content (AvgIpc) is 3.18. The number of esters is 1. The Morgan fingerprint density at radius 3 is 2.90 bits per heavy atom. The first-order valence-corrected chi connectivity index (χ1v) is 9.87. The molecule has 29 heavy (non-hydrogen) atoms. The van der Waals surface area contributed by atoms with E-state index >= 15 is 0 Å². The largest absolute Gasteiger partial charge is 0.462 e. The summed E-state index contributed by atoms with van der Waals surface area (Å²) in [5.41, 5.74) is 2.95. The van der Waals surface area contributed by atoms with Crippen molar-refractivity contribution >= 4 is 44.8 Å². The molecule has 1 aromatic carbocycles. The van der Waals surface area contributed by atoms with Gasteiger partial charge in [0.25, 0.3) is 5.56 Å². The Bertz CT molecular complexity index is 1350. The summed E-state index contributed by atoms with van der Waals surface area (Å²) >= 11 is 1.15. The lowest BCUT2D eigenvalue weighted by Gasteiger charge is -2.00. The summed E-state index contributed by atoms with van der Waals surface area (Å²) in [6, 6.07) is 5.80. The number of aryl methyl sites for hydroxylation is 3. The quantitative estimate of drug-likeness (QED) is 0.382. The van der Waals surface area contributed by atoms with Gasteiger partial charge in [0.05, 0.1) is 29.2 Å². The van der Waals surface area contributed by atoms with Crippen molar-refractivity contribution in [3.63, 3.8) is 0 Å². The van der Waals surface area contributed by atoms with Gasteiger partial charge >= 0.3 is 5.97 Å². The Morgan fingerprint density at radius 1 is 1.34 bits per heavy atom. The van der Waals surface area contributed by atoms with E-state index in [0.29, 0.717) is 20.7 Å². The lowest BCUT2D eigenvalue weighted by molar-refractivity contribution is 0.0531. The number of carbonyl (C=O) groups excluding carboxylic acids is 1. The summed E-state index contributed by atoms with van der Waals surface area (Å²) in [7, 11) is 1.96. The predicted octanol–water partition coefficient (Wildman–Crippen LogP) is 3.02. The van der Waals surface area contributed by atoms with Crippen molar-refractivity contribution in [3.8, 4) is 0 Å². The van der Waals surface area contributed by atoms with Crippen molar-refractivity contribution in [2.75, 3.05) is 6.61 Å². The van der Waals surface area contributed by atoms with Crippen LogP contribution in [0, 0.1) is 13.8 Å². The Kier molecular flexibility index (Phi) is 4.75. The summed E-state index contributed by atoms with van der Waals surface area (Å²) in [5.74, 6) is 0.478. The lowest BCUT2D eigenvalue weighted by Crippen LogP contribution is -2.17. The number of imidazole rings is 1. The number of hydrogen-bond acceptors (Lipinski definition) is 7. The first-order valence-electron chi connectivity index (χ1n) is 9.06. The molecule has 3 aromatic heterocycles. The van der Waals surface area contributed by atoms with Crippen molar-refractivity contribution < 1.29 is 9.53 Å². The summed E-state index contributed by atoms with van der Waals surface area (Å²) < 4.78 is 8.24. The van der Waals surface area contributed by atoms with Crippen LogP contribution < -0.4 is 5.56 Å². The Morgan fingerprint density at radius 2 is 2.14 bits per heavy atom. The van der Waals surface area contributed by atoms with Crippen LogP contribution >= 0.6 is 11.3 Å². The van der Waals surface area contributed by atoms with Gasteiger partial charge in [-0.05, 0) is 44.0 Å². The van der Waals surface area contributed by atoms with Crippen LogP contribution in [0.2, 0.25) is 0 Å². The van der Waals surface area contributed by atoms with Crippen molar-refractivity contribution in [2.45, 2.75) is 20.8 Å². The highest BCUT2D eigenvalue weighted by molar-refractivity contribution is 7.20. The highest BCUT2D eigenvalue weighted by atomic mass is 32.1. The maximum Gasteiger partial charge on any atom is 0.348 e. The van der Waals surface area contributed by atoms with E-state index in [0.717, 1.165) is 33.8 Å². The zero-order valence-electron chi connectivity index (χ0n) is 16.5. The number of nitrogens with zero attached hydrogens (tertiary/aromatic N) is 5. The summed E-state index contributed by atoms with van der Waals surface area (Å²) in [5, 5.41) is 4.65. The highest BCUT2D eigenvalue weighted by Gasteiger charge is 2.20. The molecule has 3 heterocycles. The summed E-state index contributed by atoms with van der Waals surface area (Å²) in [6.45, 7) is 5.68. The first-order chi connectivity index (χ1) is 13.9. The van der Waals surface area contributed by atoms with Crippen LogP contribution in [0.15, 0.2) is 34.4 Å². The third-order valence-electron chi connectivity index (χ3n) is 4.76. The fraction of sp³-hybridized carbons (Fsp3) is 0.250. The highest BCUT2D eigenvalue weighted by Crippen LogP contribution is 2.27. The number of hydrogen-bond donors (Lipinski definition) is 0. The van der Waals surface area contributed by atoms with Crippen LogP contribution in [0.5, 0.6) is 0 Å². The fourth-order valence-electron chi connectivity index (χ4n) is 3.14. The van der Waals surface area contributed by atoms with Gasteiger partial charge in [0.1, 0.15) is 21.9 Å². The van der Waals surface area contributed by atoms with Crippen LogP contribution in [0.25, 0.3) is 21.3 Å². The van der Waals surface area contributed by atoms with E-state index in [4.69, 9.17) is 4.74 Å². The molecule has 0 unspecified atom stereocenters. The second-order valence-electron chi connectivity index (χ2n) is 6.56.